The summed E-state index contributed by atoms with van der Waals surface area (Å²) in [6, 6.07) is 6.72. The summed E-state index contributed by atoms with van der Waals surface area (Å²) in [5.74, 6) is -1.99. The SMILES string of the molecule is CC[C@H]1OC(=O)[C@H](C)[C@@H](O[C@H]2C[C@@](C)(OC)[C@@H](O)[C@H](C)O2)[C@H](C)[C@@H](O[C@@H]2O[C@H](C)C[C@H](N(C)CCc3cn(CCCNc4nnc(-c5ccc(OC)cc5)s4)nn3)[C@H]2O)[C@](C)(O)C[C@@H](C)CN(C)[C@H](C)[C@@H](O)[C@]1(C)O. The third-order valence-electron chi connectivity index (χ3n) is 16.0. The lowest BCUT2D eigenvalue weighted by atomic mass is 9.77. The number of cyclic esters (lactones) is 1. The molecular weight excluding hydrogens is 989 g/mol. The minimum atomic E-state index is -1.84. The fraction of sp³-hybridized carbons (Fsp3) is 0.792. The lowest BCUT2D eigenvalue weighted by Gasteiger charge is -2.49. The number of likely N-dealkylation sites (N-methyl/N-ethyl adjacent to an activating group) is 2. The molecule has 18 atom stereocenters. The van der Waals surface area contributed by atoms with Gasteiger partial charge in [0.1, 0.15) is 40.8 Å². The number of nitrogens with one attached hydrogen (secondary N) is 1. The van der Waals surface area contributed by atoms with Crippen LogP contribution in [-0.2, 0) is 46.2 Å². The summed E-state index contributed by atoms with van der Waals surface area (Å²) in [6.07, 6.45) is -5.74. The van der Waals surface area contributed by atoms with Crippen molar-refractivity contribution < 1.29 is 63.5 Å². The number of ether oxygens (including phenoxy) is 7. The topological polar surface area (TPSA) is 258 Å². The Kier molecular flexibility index (Phi) is 21.0. The maximum absolute atomic E-state index is 14.5. The summed E-state index contributed by atoms with van der Waals surface area (Å²) in [4.78, 5) is 18.5. The summed E-state index contributed by atoms with van der Waals surface area (Å²) < 4.78 is 45.4. The van der Waals surface area contributed by atoms with Crippen molar-refractivity contribution >= 4 is 22.4 Å². The molecule has 1 aromatic carbocycles. The van der Waals surface area contributed by atoms with Gasteiger partial charge in [0.25, 0.3) is 0 Å². The predicted molar refractivity (Wildman–Crippen MR) is 282 cm³/mol. The first-order chi connectivity index (χ1) is 35.3. The van der Waals surface area contributed by atoms with E-state index in [1.165, 1.54) is 25.4 Å². The molecule has 6 N–H and O–H groups in total. The van der Waals surface area contributed by atoms with Gasteiger partial charge in [-0.25, -0.2) is 0 Å². The number of aromatic nitrogens is 5. The number of rotatable bonds is 17. The Bertz CT molecular complexity index is 2240. The van der Waals surface area contributed by atoms with E-state index in [2.05, 4.69) is 30.7 Å². The number of aliphatic hydroxyl groups excluding tert-OH is 3. The van der Waals surface area contributed by atoms with E-state index in [1.54, 1.807) is 48.7 Å². The summed E-state index contributed by atoms with van der Waals surface area (Å²) >= 11 is 1.49. The van der Waals surface area contributed by atoms with Gasteiger partial charge in [0.15, 0.2) is 12.6 Å². The van der Waals surface area contributed by atoms with Gasteiger partial charge >= 0.3 is 5.97 Å². The molecule has 3 fully saturated rings. The van der Waals surface area contributed by atoms with Crippen LogP contribution in [0.5, 0.6) is 5.75 Å². The number of nitrogens with zero attached hydrogens (tertiary/aromatic N) is 7. The number of aryl methyl sites for hydroxylation is 1. The van der Waals surface area contributed by atoms with Crippen molar-refractivity contribution in [2.75, 3.05) is 53.3 Å². The molecule has 22 heteroatoms. The van der Waals surface area contributed by atoms with Gasteiger partial charge in [-0.15, -0.1) is 15.3 Å². The molecule has 3 saturated heterocycles. The van der Waals surface area contributed by atoms with E-state index in [4.69, 9.17) is 33.2 Å². The van der Waals surface area contributed by atoms with Crippen LogP contribution >= 0.6 is 11.3 Å². The Morgan fingerprint density at radius 1 is 0.947 bits per heavy atom. The molecule has 3 aliphatic heterocycles. The van der Waals surface area contributed by atoms with Crippen LogP contribution in [0.1, 0.15) is 107 Å². The first-order valence-corrected chi connectivity index (χ1v) is 27.5. The number of carbonyl (C=O) groups is 1. The molecule has 5 heterocycles. The van der Waals surface area contributed by atoms with Crippen molar-refractivity contribution in [2.45, 2.75) is 205 Å². The normalized spacial score (nSPS) is 37.9. The van der Waals surface area contributed by atoms with Crippen LogP contribution in [-0.4, -0.2) is 205 Å². The summed E-state index contributed by atoms with van der Waals surface area (Å²) in [5, 5.41) is 82.1. The molecule has 424 valence electrons. The van der Waals surface area contributed by atoms with E-state index >= 15 is 0 Å². The molecule has 0 unspecified atom stereocenters. The Labute approximate surface area is 447 Å². The van der Waals surface area contributed by atoms with Crippen LogP contribution in [0.2, 0.25) is 0 Å². The third-order valence-corrected chi connectivity index (χ3v) is 16.9. The highest BCUT2D eigenvalue weighted by Gasteiger charge is 2.53. The van der Waals surface area contributed by atoms with Gasteiger partial charge in [0.2, 0.25) is 5.13 Å². The summed E-state index contributed by atoms with van der Waals surface area (Å²) in [6.45, 7) is 19.9. The number of carbonyl (C=O) groups excluding carboxylic acids is 1. The van der Waals surface area contributed by atoms with Crippen LogP contribution in [0.25, 0.3) is 10.6 Å². The highest BCUT2D eigenvalue weighted by Crippen LogP contribution is 2.40. The Morgan fingerprint density at radius 2 is 1.65 bits per heavy atom. The lowest BCUT2D eigenvalue weighted by Crippen LogP contribution is -2.61. The molecule has 0 radical (unpaired) electrons. The number of benzene rings is 1. The smallest absolute Gasteiger partial charge is 0.311 e. The van der Waals surface area contributed by atoms with Gasteiger partial charge in [0, 0.05) is 75.9 Å². The van der Waals surface area contributed by atoms with Crippen molar-refractivity contribution in [2.24, 2.45) is 17.8 Å². The van der Waals surface area contributed by atoms with Gasteiger partial charge in [-0.2, -0.15) is 0 Å². The fourth-order valence-corrected chi connectivity index (χ4v) is 12.0. The quantitative estimate of drug-likeness (QED) is 0.0820. The van der Waals surface area contributed by atoms with E-state index in [-0.39, 0.29) is 31.3 Å². The minimum absolute atomic E-state index is 0.102. The monoisotopic (exact) mass is 1080 g/mol. The molecule has 0 spiro atoms. The minimum Gasteiger partial charge on any atom is -0.497 e. The van der Waals surface area contributed by atoms with Crippen LogP contribution < -0.4 is 10.1 Å². The van der Waals surface area contributed by atoms with Crippen LogP contribution in [0.4, 0.5) is 5.13 Å². The van der Waals surface area contributed by atoms with Gasteiger partial charge in [0.05, 0.1) is 54.3 Å². The zero-order valence-electron chi connectivity index (χ0n) is 46.7. The maximum atomic E-state index is 14.5. The van der Waals surface area contributed by atoms with Gasteiger partial charge < -0.3 is 73.8 Å². The Hall–Kier alpha value is -3.49. The number of hydrogen-bond donors (Lipinski definition) is 6. The van der Waals surface area contributed by atoms with E-state index in [1.807, 2.05) is 74.9 Å². The average molecular weight is 1080 g/mol. The third kappa shape index (κ3) is 14.8. The fourth-order valence-electron chi connectivity index (χ4n) is 11.3. The molecule has 3 aliphatic rings. The van der Waals surface area contributed by atoms with Gasteiger partial charge in [-0.3, -0.25) is 9.48 Å². The molecule has 75 heavy (non-hydrogen) atoms. The van der Waals surface area contributed by atoms with Crippen molar-refractivity contribution in [1.29, 1.82) is 0 Å². The van der Waals surface area contributed by atoms with E-state index in [0.717, 1.165) is 33.6 Å². The van der Waals surface area contributed by atoms with Crippen LogP contribution in [0.15, 0.2) is 30.5 Å². The van der Waals surface area contributed by atoms with E-state index in [9.17, 15) is 30.3 Å². The molecule has 0 bridgehead atoms. The number of methoxy groups -OCH3 is 2. The average Bonchev–Trinajstić information content (AvgIpc) is 4.05. The Morgan fingerprint density at radius 3 is 2.32 bits per heavy atom. The molecule has 2 aromatic heterocycles. The first kappa shape index (κ1) is 60.7. The molecule has 0 saturated carbocycles. The van der Waals surface area contributed by atoms with Gasteiger partial charge in [-0.05, 0) is 118 Å². The number of hydrogen-bond acceptors (Lipinski definition) is 21. The van der Waals surface area contributed by atoms with Crippen molar-refractivity contribution in [3.63, 3.8) is 0 Å². The van der Waals surface area contributed by atoms with Crippen molar-refractivity contribution in [1.82, 2.24) is 35.0 Å². The van der Waals surface area contributed by atoms with Gasteiger partial charge in [-0.1, -0.05) is 37.3 Å². The number of esters is 1. The second-order valence-electron chi connectivity index (χ2n) is 22.3. The second-order valence-corrected chi connectivity index (χ2v) is 23.3. The van der Waals surface area contributed by atoms with Crippen LogP contribution in [0, 0.1) is 17.8 Å². The molecule has 6 rings (SSSR count). The largest absolute Gasteiger partial charge is 0.497 e. The zero-order valence-corrected chi connectivity index (χ0v) is 47.5. The maximum Gasteiger partial charge on any atom is 0.311 e. The molecule has 21 nitrogen and oxygen atoms in total. The molecule has 3 aromatic rings. The predicted octanol–water partition coefficient (Wildman–Crippen LogP) is 4.13. The number of aliphatic hydroxyl groups is 5. The van der Waals surface area contributed by atoms with Crippen LogP contribution in [0.3, 0.4) is 0 Å². The van der Waals surface area contributed by atoms with E-state index in [0.29, 0.717) is 39.0 Å². The summed E-state index contributed by atoms with van der Waals surface area (Å²) in [5.41, 5.74) is -2.75. The molecular formula is C53H88N8O13S. The number of anilines is 1. The molecule has 0 amide bonds. The van der Waals surface area contributed by atoms with E-state index < -0.39 is 102 Å². The highest BCUT2D eigenvalue weighted by molar-refractivity contribution is 7.18. The lowest BCUT2D eigenvalue weighted by molar-refractivity contribution is -0.318. The highest BCUT2D eigenvalue weighted by atomic mass is 32.1. The van der Waals surface area contributed by atoms with Crippen molar-refractivity contribution in [3.05, 3.63) is 36.2 Å². The first-order valence-electron chi connectivity index (χ1n) is 26.7. The molecule has 0 aliphatic carbocycles. The standard InChI is InChI=1S/C53H88N8O13S/c1-15-40-53(10,67)44(63)34(6)60(12)28-30(2)26-51(8,66)46(32(4)43(33(5)48(65)72-40)73-41-27-52(9,69-14)45(64)35(7)71-41)74-49-42(62)39(25-31(3)70-49)59(11)24-21-37-29-61(58-55-37)23-16-22-54-50-57-56-47(75-50)36-17-19-38(68-13)20-18-36/h17-20,29-35,39-46,49,62-64,66-67H,15-16,21-28H2,1-14H3,(H,54,57)/t30-,31-,32+,33-,34-,35+,39+,40-,41+,42-,43+,44-,45+,46-,49+,51-,52-,53-/m1/s1. The van der Waals surface area contributed by atoms with Crippen molar-refractivity contribution in [3.8, 4) is 16.3 Å². The zero-order chi connectivity index (χ0) is 55.2. The second kappa shape index (κ2) is 26.0. The summed E-state index contributed by atoms with van der Waals surface area (Å²) in [7, 11) is 6.93. The Balaban J connectivity index is 1.18.